The average Bonchev–Trinajstić information content (AvgIpc) is 3.17. The van der Waals surface area contributed by atoms with Crippen molar-refractivity contribution in [2.45, 2.75) is 56.9 Å². The van der Waals surface area contributed by atoms with Crippen molar-refractivity contribution < 1.29 is 26.7 Å². The van der Waals surface area contributed by atoms with E-state index in [9.17, 15) is 22.0 Å². The molecule has 6 nitrogen and oxygen atoms in total. The first-order valence-corrected chi connectivity index (χ1v) is 9.16. The first-order chi connectivity index (χ1) is 13.5. The Balaban J connectivity index is 1.95. The van der Waals surface area contributed by atoms with Gasteiger partial charge >= 0.3 is 6.18 Å². The lowest BCUT2D eigenvalue weighted by Crippen LogP contribution is -2.39. The van der Waals surface area contributed by atoms with E-state index >= 15 is 0 Å². The van der Waals surface area contributed by atoms with E-state index in [1.54, 1.807) is 24.9 Å². The highest BCUT2D eigenvalue weighted by Gasteiger charge is 2.37. The summed E-state index contributed by atoms with van der Waals surface area (Å²) < 4.78 is 71.8. The molecule has 0 saturated heterocycles. The van der Waals surface area contributed by atoms with E-state index in [1.165, 1.54) is 7.11 Å². The van der Waals surface area contributed by atoms with Gasteiger partial charge in [0.25, 0.3) is 5.95 Å². The summed E-state index contributed by atoms with van der Waals surface area (Å²) >= 11 is 0. The number of ether oxygens (including phenoxy) is 1. The molecule has 0 N–H and O–H groups in total. The normalized spacial score (nSPS) is 18.6. The summed E-state index contributed by atoms with van der Waals surface area (Å²) in [5, 5.41) is 3.52. The van der Waals surface area contributed by atoms with Crippen molar-refractivity contribution >= 4 is 5.82 Å². The number of aromatic nitrogens is 4. The third kappa shape index (κ3) is 4.82. The van der Waals surface area contributed by atoms with E-state index in [4.69, 9.17) is 4.74 Å². The van der Waals surface area contributed by atoms with Crippen molar-refractivity contribution in [1.82, 2.24) is 19.7 Å². The van der Waals surface area contributed by atoms with Crippen LogP contribution in [0.4, 0.5) is 27.8 Å². The van der Waals surface area contributed by atoms with Crippen LogP contribution in [0, 0.1) is 0 Å². The molecule has 1 fully saturated rings. The van der Waals surface area contributed by atoms with Gasteiger partial charge in [0, 0.05) is 45.3 Å². The fourth-order valence-electron chi connectivity index (χ4n) is 3.24. The molecule has 0 aromatic carbocycles. The van der Waals surface area contributed by atoms with Gasteiger partial charge in [0.2, 0.25) is 5.92 Å². The Hall–Kier alpha value is -2.30. The maximum atomic E-state index is 13.5. The third-order valence-corrected chi connectivity index (χ3v) is 5.17. The van der Waals surface area contributed by atoms with Crippen molar-refractivity contribution in [3.63, 3.8) is 0 Å². The molecule has 1 aliphatic carbocycles. The van der Waals surface area contributed by atoms with Crippen LogP contribution in [0.5, 0.6) is 0 Å². The summed E-state index contributed by atoms with van der Waals surface area (Å²) in [7, 11) is 3.21. The molecule has 11 heteroatoms. The van der Waals surface area contributed by atoms with Crippen LogP contribution in [0.15, 0.2) is 18.3 Å². The molecule has 3 rings (SSSR count). The molecule has 1 saturated carbocycles. The van der Waals surface area contributed by atoms with Crippen LogP contribution in [-0.2, 0) is 10.9 Å². The second-order valence-corrected chi connectivity index (χ2v) is 7.17. The molecule has 0 spiro atoms. The Labute approximate surface area is 164 Å². The van der Waals surface area contributed by atoms with Gasteiger partial charge in [0.05, 0.1) is 11.8 Å². The van der Waals surface area contributed by atoms with E-state index in [0.29, 0.717) is 11.5 Å². The zero-order chi connectivity index (χ0) is 21.4. The monoisotopic (exact) mass is 419 g/mol. The quantitative estimate of drug-likeness (QED) is 0.673. The highest BCUT2D eigenvalue weighted by atomic mass is 19.4. The van der Waals surface area contributed by atoms with Crippen LogP contribution in [0.25, 0.3) is 5.95 Å². The first-order valence-electron chi connectivity index (χ1n) is 9.16. The number of halogens is 5. The molecule has 2 aromatic rings. The molecule has 1 unspecified atom stereocenters. The molecule has 1 atom stereocenters. The molecule has 160 valence electrons. The predicted octanol–water partition coefficient (Wildman–Crippen LogP) is 4.40. The Bertz CT molecular complexity index is 843. The van der Waals surface area contributed by atoms with E-state index < -0.39 is 23.9 Å². The van der Waals surface area contributed by atoms with Crippen LogP contribution < -0.4 is 4.90 Å². The van der Waals surface area contributed by atoms with Crippen LogP contribution >= 0.6 is 0 Å². The van der Waals surface area contributed by atoms with Gasteiger partial charge in [-0.1, -0.05) is 0 Å². The molecule has 2 aromatic heterocycles. The van der Waals surface area contributed by atoms with Crippen LogP contribution in [0.1, 0.15) is 50.1 Å². The predicted molar refractivity (Wildman–Crippen MR) is 95.2 cm³/mol. The second-order valence-electron chi connectivity index (χ2n) is 7.17. The highest BCUT2D eigenvalue weighted by Crippen LogP contribution is 2.36. The number of hydrogen-bond acceptors (Lipinski definition) is 5. The standard InChI is InChI=1S/C18H22F5N5O/c1-11(29-3)13-10-15(27(2)12-4-7-17(19,20)8-5-12)25-16(24-13)28-9-6-14(26-28)18(21,22)23/h6,9-12H,4-5,7-8H2,1-3H3. The summed E-state index contributed by atoms with van der Waals surface area (Å²) in [5.74, 6) is -2.30. The Morgan fingerprint density at radius 2 is 1.90 bits per heavy atom. The lowest BCUT2D eigenvalue weighted by molar-refractivity contribution is -0.141. The minimum Gasteiger partial charge on any atom is -0.375 e. The van der Waals surface area contributed by atoms with Gasteiger partial charge in [0.1, 0.15) is 5.82 Å². The molecular formula is C18H22F5N5O. The zero-order valence-corrected chi connectivity index (χ0v) is 16.2. The lowest BCUT2D eigenvalue weighted by Gasteiger charge is -2.35. The van der Waals surface area contributed by atoms with E-state index in [2.05, 4.69) is 15.1 Å². The van der Waals surface area contributed by atoms with E-state index in [1.807, 2.05) is 0 Å². The Morgan fingerprint density at radius 1 is 1.24 bits per heavy atom. The second kappa shape index (κ2) is 7.85. The highest BCUT2D eigenvalue weighted by molar-refractivity contribution is 5.43. The summed E-state index contributed by atoms with van der Waals surface area (Å²) in [6.07, 6.45) is -3.75. The number of nitrogens with zero attached hydrogens (tertiary/aromatic N) is 5. The van der Waals surface area contributed by atoms with Crippen LogP contribution in [-0.4, -0.2) is 45.9 Å². The van der Waals surface area contributed by atoms with Gasteiger partial charge in [-0.15, -0.1) is 0 Å². The van der Waals surface area contributed by atoms with Gasteiger partial charge < -0.3 is 9.64 Å². The summed E-state index contributed by atoms with van der Waals surface area (Å²) in [4.78, 5) is 10.4. The lowest BCUT2D eigenvalue weighted by atomic mass is 9.91. The minimum atomic E-state index is -4.59. The fourth-order valence-corrected chi connectivity index (χ4v) is 3.24. The van der Waals surface area contributed by atoms with Crippen molar-refractivity contribution in [3.8, 4) is 5.95 Å². The summed E-state index contributed by atoms with van der Waals surface area (Å²) in [5.41, 5.74) is -0.611. The van der Waals surface area contributed by atoms with Crippen molar-refractivity contribution in [2.75, 3.05) is 19.1 Å². The van der Waals surface area contributed by atoms with Gasteiger partial charge in [-0.3, -0.25) is 0 Å². The van der Waals surface area contributed by atoms with Gasteiger partial charge in [0.15, 0.2) is 5.69 Å². The molecule has 0 amide bonds. The first kappa shape index (κ1) is 21.4. The Morgan fingerprint density at radius 3 is 2.45 bits per heavy atom. The maximum absolute atomic E-state index is 13.5. The minimum absolute atomic E-state index is 0.0510. The van der Waals surface area contributed by atoms with Gasteiger partial charge in [-0.2, -0.15) is 23.3 Å². The Kier molecular flexibility index (Phi) is 5.79. The smallest absolute Gasteiger partial charge is 0.375 e. The van der Waals surface area contributed by atoms with Crippen molar-refractivity contribution in [3.05, 3.63) is 29.7 Å². The van der Waals surface area contributed by atoms with Crippen molar-refractivity contribution in [2.24, 2.45) is 0 Å². The topological polar surface area (TPSA) is 56.1 Å². The zero-order valence-electron chi connectivity index (χ0n) is 16.2. The van der Waals surface area contributed by atoms with E-state index in [0.717, 1.165) is 16.9 Å². The molecule has 0 radical (unpaired) electrons. The molecule has 2 heterocycles. The number of rotatable bonds is 5. The van der Waals surface area contributed by atoms with Gasteiger partial charge in [-0.25, -0.2) is 18.4 Å². The summed E-state index contributed by atoms with van der Waals surface area (Å²) in [6.45, 7) is 1.74. The molecule has 0 aliphatic heterocycles. The molecule has 1 aliphatic rings. The number of hydrogen-bond donors (Lipinski definition) is 0. The maximum Gasteiger partial charge on any atom is 0.435 e. The largest absolute Gasteiger partial charge is 0.435 e. The van der Waals surface area contributed by atoms with Gasteiger partial charge in [-0.05, 0) is 25.8 Å². The SMILES string of the molecule is COC(C)c1cc(N(C)C2CCC(F)(F)CC2)nc(-n2ccc(C(F)(F)F)n2)n1. The van der Waals surface area contributed by atoms with Crippen molar-refractivity contribution in [1.29, 1.82) is 0 Å². The fraction of sp³-hybridized carbons (Fsp3) is 0.611. The number of alkyl halides is 5. The average molecular weight is 419 g/mol. The number of anilines is 1. The summed E-state index contributed by atoms with van der Waals surface area (Å²) in [6, 6.07) is 2.33. The molecule has 29 heavy (non-hydrogen) atoms. The third-order valence-electron chi connectivity index (χ3n) is 5.17. The molecule has 0 bridgehead atoms. The molecular weight excluding hydrogens is 397 g/mol. The van der Waals surface area contributed by atoms with E-state index in [-0.39, 0.29) is 37.7 Å². The van der Waals surface area contributed by atoms with Crippen LogP contribution in [0.2, 0.25) is 0 Å². The van der Waals surface area contributed by atoms with Crippen LogP contribution in [0.3, 0.4) is 0 Å². The number of methoxy groups -OCH3 is 1.